The summed E-state index contributed by atoms with van der Waals surface area (Å²) in [6.45, 7) is 1.76. The van der Waals surface area contributed by atoms with E-state index in [-0.39, 0.29) is 17.1 Å². The number of aromatic nitrogens is 2. The average molecular weight is 366 g/mol. The van der Waals surface area contributed by atoms with Crippen molar-refractivity contribution in [2.24, 2.45) is 0 Å². The Kier molecular flexibility index (Phi) is 4.35. The van der Waals surface area contributed by atoms with Gasteiger partial charge in [0.25, 0.3) is 5.69 Å². The molecule has 0 atom stereocenters. The lowest BCUT2D eigenvalue weighted by molar-refractivity contribution is -0.385. The van der Waals surface area contributed by atoms with Crippen LogP contribution in [-0.4, -0.2) is 29.3 Å². The van der Waals surface area contributed by atoms with Crippen LogP contribution < -0.4 is 4.72 Å². The van der Waals surface area contributed by atoms with Crippen molar-refractivity contribution in [1.29, 1.82) is 0 Å². The minimum atomic E-state index is -3.82. The zero-order valence-corrected chi connectivity index (χ0v) is 14.3. The van der Waals surface area contributed by atoms with Crippen LogP contribution in [0.2, 0.25) is 0 Å². The third-order valence-corrected chi connectivity index (χ3v) is 5.86. The van der Waals surface area contributed by atoms with Crippen LogP contribution in [0, 0.1) is 17.0 Å². The van der Waals surface area contributed by atoms with Gasteiger partial charge in [-0.1, -0.05) is 6.07 Å². The number of sulfonamides is 1. The van der Waals surface area contributed by atoms with Crippen molar-refractivity contribution in [1.82, 2.24) is 14.1 Å². The van der Waals surface area contributed by atoms with Gasteiger partial charge >= 0.3 is 0 Å². The van der Waals surface area contributed by atoms with Crippen LogP contribution in [0.4, 0.5) is 5.69 Å². The zero-order chi connectivity index (χ0) is 17.3. The van der Waals surface area contributed by atoms with E-state index in [2.05, 4.69) is 9.71 Å². The van der Waals surface area contributed by atoms with Crippen molar-refractivity contribution in [3.63, 3.8) is 0 Å². The van der Waals surface area contributed by atoms with Crippen molar-refractivity contribution < 1.29 is 13.3 Å². The van der Waals surface area contributed by atoms with Crippen LogP contribution in [0.3, 0.4) is 0 Å². The fourth-order valence-electron chi connectivity index (χ4n) is 2.28. The van der Waals surface area contributed by atoms with Gasteiger partial charge in [0.2, 0.25) is 10.0 Å². The summed E-state index contributed by atoms with van der Waals surface area (Å²) in [5.74, 6) is 0. The van der Waals surface area contributed by atoms with Crippen LogP contribution in [0.15, 0.2) is 40.9 Å². The maximum Gasteiger partial charge on any atom is 0.270 e. The lowest BCUT2D eigenvalue weighted by atomic mass is 10.2. The second kappa shape index (κ2) is 6.30. The molecule has 0 bridgehead atoms. The van der Waals surface area contributed by atoms with E-state index in [1.807, 2.05) is 22.2 Å². The highest BCUT2D eigenvalue weighted by atomic mass is 32.2. The van der Waals surface area contributed by atoms with Crippen molar-refractivity contribution >= 4 is 32.0 Å². The number of hydrogen-bond donors (Lipinski definition) is 1. The largest absolute Gasteiger partial charge is 0.297 e. The normalized spacial score (nSPS) is 11.9. The van der Waals surface area contributed by atoms with Gasteiger partial charge in [-0.25, -0.2) is 18.1 Å². The van der Waals surface area contributed by atoms with E-state index >= 15 is 0 Å². The number of thiazole rings is 1. The monoisotopic (exact) mass is 366 g/mol. The molecule has 3 aromatic rings. The molecule has 2 heterocycles. The average Bonchev–Trinajstić information content (AvgIpc) is 3.08. The van der Waals surface area contributed by atoms with E-state index in [1.54, 1.807) is 6.92 Å². The van der Waals surface area contributed by atoms with Crippen LogP contribution >= 0.6 is 11.3 Å². The molecule has 0 saturated carbocycles. The van der Waals surface area contributed by atoms with Crippen LogP contribution in [0.5, 0.6) is 0 Å². The van der Waals surface area contributed by atoms with Crippen molar-refractivity contribution in [3.8, 4) is 0 Å². The molecule has 0 unspecified atom stereocenters. The summed E-state index contributed by atoms with van der Waals surface area (Å²) in [5, 5.41) is 12.7. The SMILES string of the molecule is Cc1ccc([N+](=O)[O-])cc1S(=O)(=O)NCCc1cn2ccsc2n1. The Balaban J connectivity index is 1.72. The molecule has 10 heteroatoms. The molecule has 1 N–H and O–H groups in total. The van der Waals surface area contributed by atoms with Gasteiger partial charge in [-0.05, 0) is 12.5 Å². The Morgan fingerprint density at radius 2 is 2.21 bits per heavy atom. The lowest BCUT2D eigenvalue weighted by Crippen LogP contribution is -2.26. The molecule has 126 valence electrons. The molecule has 0 aliphatic heterocycles. The standard InChI is InChI=1S/C14H14N4O4S2/c1-10-2-3-12(18(19)20)8-13(10)24(21,22)15-5-4-11-9-17-6-7-23-14(17)16-11/h2-3,6-9,15H,4-5H2,1H3. The van der Waals surface area contributed by atoms with E-state index in [1.165, 1.54) is 23.5 Å². The Morgan fingerprint density at radius 1 is 1.42 bits per heavy atom. The van der Waals surface area contributed by atoms with Crippen LogP contribution in [0.1, 0.15) is 11.3 Å². The fourth-order valence-corrected chi connectivity index (χ4v) is 4.29. The molecule has 1 aromatic carbocycles. The number of nitrogens with zero attached hydrogens (tertiary/aromatic N) is 3. The van der Waals surface area contributed by atoms with Crippen LogP contribution in [-0.2, 0) is 16.4 Å². The summed E-state index contributed by atoms with van der Waals surface area (Å²) in [6.07, 6.45) is 4.16. The summed E-state index contributed by atoms with van der Waals surface area (Å²) in [4.78, 5) is 15.4. The first-order valence-corrected chi connectivity index (χ1v) is 9.39. The van der Waals surface area contributed by atoms with Crippen molar-refractivity contribution in [2.75, 3.05) is 6.54 Å². The number of non-ortho nitro benzene ring substituents is 1. The Bertz CT molecular complexity index is 978. The van der Waals surface area contributed by atoms with Gasteiger partial charge in [0, 0.05) is 42.9 Å². The third kappa shape index (κ3) is 3.30. The number of fused-ring (bicyclic) bond motifs is 1. The molecule has 0 spiro atoms. The number of imidazole rings is 1. The van der Waals surface area contributed by atoms with E-state index in [0.29, 0.717) is 12.0 Å². The predicted octanol–water partition coefficient (Wildman–Crippen LogP) is 2.13. The number of aryl methyl sites for hydroxylation is 1. The van der Waals surface area contributed by atoms with Crippen molar-refractivity contribution in [2.45, 2.75) is 18.2 Å². The van der Waals surface area contributed by atoms with E-state index < -0.39 is 14.9 Å². The smallest absolute Gasteiger partial charge is 0.270 e. The Hall–Kier alpha value is -2.30. The van der Waals surface area contributed by atoms with Gasteiger partial charge < -0.3 is 0 Å². The molecule has 0 aliphatic rings. The number of rotatable bonds is 6. The first-order chi connectivity index (χ1) is 11.4. The molecule has 3 rings (SSSR count). The summed E-state index contributed by atoms with van der Waals surface area (Å²) >= 11 is 1.50. The molecule has 0 aliphatic carbocycles. The van der Waals surface area contributed by atoms with Gasteiger partial charge in [0.1, 0.15) is 0 Å². The van der Waals surface area contributed by atoms with E-state index in [9.17, 15) is 18.5 Å². The molecule has 0 amide bonds. The minimum absolute atomic E-state index is 0.0810. The highest BCUT2D eigenvalue weighted by Crippen LogP contribution is 2.21. The maximum absolute atomic E-state index is 12.4. The highest BCUT2D eigenvalue weighted by Gasteiger charge is 2.20. The predicted molar refractivity (Wildman–Crippen MR) is 89.8 cm³/mol. The Labute approximate surface area is 142 Å². The zero-order valence-electron chi connectivity index (χ0n) is 12.7. The number of nitro groups is 1. The van der Waals surface area contributed by atoms with Gasteiger partial charge in [-0.2, -0.15) is 0 Å². The number of benzene rings is 1. The summed E-state index contributed by atoms with van der Waals surface area (Å²) in [5.41, 5.74) is 0.978. The Morgan fingerprint density at radius 3 is 2.92 bits per heavy atom. The molecule has 8 nitrogen and oxygen atoms in total. The quantitative estimate of drug-likeness (QED) is 0.531. The summed E-state index contributed by atoms with van der Waals surface area (Å²) in [6, 6.07) is 3.78. The molecule has 24 heavy (non-hydrogen) atoms. The molecule has 0 saturated heterocycles. The van der Waals surface area contributed by atoms with E-state index in [0.717, 1.165) is 16.7 Å². The second-order valence-electron chi connectivity index (χ2n) is 5.18. The number of nitro benzene ring substituents is 1. The first-order valence-electron chi connectivity index (χ1n) is 7.02. The number of hydrogen-bond acceptors (Lipinski definition) is 6. The molecular formula is C14H14N4O4S2. The molecule has 2 aromatic heterocycles. The molecule has 0 radical (unpaired) electrons. The van der Waals surface area contributed by atoms with Crippen molar-refractivity contribution in [3.05, 3.63) is 57.3 Å². The highest BCUT2D eigenvalue weighted by molar-refractivity contribution is 7.89. The first kappa shape index (κ1) is 16.6. The van der Waals surface area contributed by atoms with Crippen LogP contribution in [0.25, 0.3) is 4.96 Å². The lowest BCUT2D eigenvalue weighted by Gasteiger charge is -2.08. The third-order valence-electron chi connectivity index (χ3n) is 3.49. The van der Waals surface area contributed by atoms with Gasteiger partial charge in [0.05, 0.1) is 15.5 Å². The molecule has 0 fully saturated rings. The topological polar surface area (TPSA) is 107 Å². The van der Waals surface area contributed by atoms with E-state index in [4.69, 9.17) is 0 Å². The summed E-state index contributed by atoms with van der Waals surface area (Å²) < 4.78 is 29.1. The maximum atomic E-state index is 12.4. The minimum Gasteiger partial charge on any atom is -0.297 e. The second-order valence-corrected chi connectivity index (χ2v) is 7.79. The molecular weight excluding hydrogens is 352 g/mol. The fraction of sp³-hybridized carbons (Fsp3) is 0.214. The van der Waals surface area contributed by atoms with Gasteiger partial charge in [-0.15, -0.1) is 11.3 Å². The van der Waals surface area contributed by atoms with Gasteiger partial charge in [0.15, 0.2) is 4.96 Å². The summed E-state index contributed by atoms with van der Waals surface area (Å²) in [7, 11) is -3.82. The van der Waals surface area contributed by atoms with Gasteiger partial charge in [-0.3, -0.25) is 14.5 Å². The number of nitrogens with one attached hydrogen (secondary N) is 1.